The molecule has 2 aromatic rings. The molecule has 0 fully saturated rings. The van der Waals surface area contributed by atoms with Crippen LogP contribution >= 0.6 is 0 Å². The lowest BCUT2D eigenvalue weighted by Crippen LogP contribution is -2.27. The van der Waals surface area contributed by atoms with E-state index in [2.05, 4.69) is 24.4 Å². The Morgan fingerprint density at radius 2 is 1.80 bits per heavy atom. The van der Waals surface area contributed by atoms with Crippen LogP contribution in [0.4, 0.5) is 5.69 Å². The number of carbonyl (C=O) groups excluding carboxylic acids is 1. The first-order valence-corrected chi connectivity index (χ1v) is 6.67. The highest BCUT2D eigenvalue weighted by Gasteiger charge is 2.06. The lowest BCUT2D eigenvalue weighted by atomic mass is 10.00. The van der Waals surface area contributed by atoms with Gasteiger partial charge < -0.3 is 10.2 Å². The second-order valence-corrected chi connectivity index (χ2v) is 5.18. The molecule has 0 unspecified atom stereocenters. The van der Waals surface area contributed by atoms with Gasteiger partial charge in [-0.3, -0.25) is 4.79 Å². The lowest BCUT2D eigenvalue weighted by Gasteiger charge is -2.12. The third kappa shape index (κ3) is 3.68. The molecule has 0 aromatic heterocycles. The topological polar surface area (TPSA) is 32.3 Å². The number of hydrogen-bond donors (Lipinski definition) is 1. The number of nitrogens with zero attached hydrogens (tertiary/aromatic N) is 1. The largest absolute Gasteiger partial charge is 0.325 e. The second kappa shape index (κ2) is 6.35. The quantitative estimate of drug-likeness (QED) is 0.923. The summed E-state index contributed by atoms with van der Waals surface area (Å²) in [5, 5.41) is 2.93. The molecule has 3 heteroatoms. The number of benzene rings is 2. The van der Waals surface area contributed by atoms with Gasteiger partial charge in [-0.1, -0.05) is 36.4 Å². The number of likely N-dealkylation sites (N-methyl/N-ethyl adjacent to an activating group) is 1. The molecule has 2 aromatic carbocycles. The molecule has 0 aliphatic rings. The Hall–Kier alpha value is -2.13. The number of rotatable bonds is 4. The molecule has 104 valence electrons. The molecule has 3 nitrogen and oxygen atoms in total. The van der Waals surface area contributed by atoms with Gasteiger partial charge in [-0.15, -0.1) is 0 Å². The van der Waals surface area contributed by atoms with Crippen molar-refractivity contribution in [1.82, 2.24) is 4.90 Å². The minimum absolute atomic E-state index is 0.00198. The SMILES string of the molecule is Cc1ccc(NC(=O)CN(C)C)cc1-c1ccccc1. The van der Waals surface area contributed by atoms with Crippen LogP contribution in [0.3, 0.4) is 0 Å². The van der Waals surface area contributed by atoms with Crippen LogP contribution in [0.25, 0.3) is 11.1 Å². The van der Waals surface area contributed by atoms with E-state index in [-0.39, 0.29) is 5.91 Å². The van der Waals surface area contributed by atoms with Crippen LogP contribution in [-0.2, 0) is 4.79 Å². The number of aryl methyl sites for hydroxylation is 1. The highest BCUT2D eigenvalue weighted by atomic mass is 16.2. The number of nitrogens with one attached hydrogen (secondary N) is 1. The molecule has 0 saturated heterocycles. The van der Waals surface area contributed by atoms with E-state index >= 15 is 0 Å². The summed E-state index contributed by atoms with van der Waals surface area (Å²) in [4.78, 5) is 13.7. The van der Waals surface area contributed by atoms with Crippen LogP contribution in [0.5, 0.6) is 0 Å². The average molecular weight is 268 g/mol. The summed E-state index contributed by atoms with van der Waals surface area (Å²) < 4.78 is 0. The fourth-order valence-electron chi connectivity index (χ4n) is 2.12. The van der Waals surface area contributed by atoms with Crippen molar-refractivity contribution in [2.75, 3.05) is 26.0 Å². The van der Waals surface area contributed by atoms with Crippen LogP contribution < -0.4 is 5.32 Å². The minimum atomic E-state index is -0.00198. The van der Waals surface area contributed by atoms with Crippen LogP contribution in [-0.4, -0.2) is 31.4 Å². The molecular formula is C17H20N2O. The van der Waals surface area contributed by atoms with Crippen LogP contribution in [0.2, 0.25) is 0 Å². The molecule has 0 spiro atoms. The number of hydrogen-bond acceptors (Lipinski definition) is 2. The fraction of sp³-hybridized carbons (Fsp3) is 0.235. The first kappa shape index (κ1) is 14.3. The monoisotopic (exact) mass is 268 g/mol. The van der Waals surface area contributed by atoms with Crippen molar-refractivity contribution >= 4 is 11.6 Å². The highest BCUT2D eigenvalue weighted by Crippen LogP contribution is 2.26. The van der Waals surface area contributed by atoms with Gasteiger partial charge in [0.1, 0.15) is 0 Å². The lowest BCUT2D eigenvalue weighted by molar-refractivity contribution is -0.116. The third-order valence-corrected chi connectivity index (χ3v) is 3.07. The van der Waals surface area contributed by atoms with Gasteiger partial charge >= 0.3 is 0 Å². The summed E-state index contributed by atoms with van der Waals surface area (Å²) in [6.07, 6.45) is 0. The van der Waals surface area contributed by atoms with E-state index < -0.39 is 0 Å². The van der Waals surface area contributed by atoms with E-state index in [4.69, 9.17) is 0 Å². The molecule has 0 aliphatic heterocycles. The van der Waals surface area contributed by atoms with Gasteiger partial charge in [-0.25, -0.2) is 0 Å². The molecule has 0 radical (unpaired) electrons. The predicted octanol–water partition coefficient (Wildman–Crippen LogP) is 3.16. The van der Waals surface area contributed by atoms with Gasteiger partial charge in [0.05, 0.1) is 6.54 Å². The zero-order chi connectivity index (χ0) is 14.5. The summed E-state index contributed by atoms with van der Waals surface area (Å²) >= 11 is 0. The minimum Gasteiger partial charge on any atom is -0.325 e. The molecule has 0 heterocycles. The van der Waals surface area contributed by atoms with E-state index in [1.807, 2.05) is 55.4 Å². The van der Waals surface area contributed by atoms with E-state index in [0.29, 0.717) is 6.54 Å². The number of carbonyl (C=O) groups is 1. The Morgan fingerprint density at radius 1 is 1.10 bits per heavy atom. The number of anilines is 1. The average Bonchev–Trinajstić information content (AvgIpc) is 2.41. The smallest absolute Gasteiger partial charge is 0.238 e. The van der Waals surface area contributed by atoms with Gasteiger partial charge in [-0.05, 0) is 49.8 Å². The van der Waals surface area contributed by atoms with Crippen molar-refractivity contribution in [3.8, 4) is 11.1 Å². The summed E-state index contributed by atoms with van der Waals surface area (Å²) in [6, 6.07) is 16.2. The van der Waals surface area contributed by atoms with Crippen molar-refractivity contribution in [3.63, 3.8) is 0 Å². The maximum atomic E-state index is 11.8. The van der Waals surface area contributed by atoms with Gasteiger partial charge in [-0.2, -0.15) is 0 Å². The molecule has 1 N–H and O–H groups in total. The van der Waals surface area contributed by atoms with E-state index in [1.54, 1.807) is 0 Å². The van der Waals surface area contributed by atoms with Crippen molar-refractivity contribution in [3.05, 3.63) is 54.1 Å². The Morgan fingerprint density at radius 3 is 2.45 bits per heavy atom. The molecule has 2 rings (SSSR count). The first-order chi connectivity index (χ1) is 9.56. The van der Waals surface area contributed by atoms with Gasteiger partial charge in [0.15, 0.2) is 0 Å². The maximum absolute atomic E-state index is 11.8. The summed E-state index contributed by atoms with van der Waals surface area (Å²) in [6.45, 7) is 2.46. The van der Waals surface area contributed by atoms with Crippen molar-refractivity contribution in [1.29, 1.82) is 0 Å². The molecule has 1 amide bonds. The van der Waals surface area contributed by atoms with Gasteiger partial charge in [0.25, 0.3) is 0 Å². The predicted molar refractivity (Wildman–Crippen MR) is 83.8 cm³/mol. The van der Waals surface area contributed by atoms with E-state index in [9.17, 15) is 4.79 Å². The van der Waals surface area contributed by atoms with Gasteiger partial charge in [0.2, 0.25) is 5.91 Å². The Kier molecular flexibility index (Phi) is 4.53. The highest BCUT2D eigenvalue weighted by molar-refractivity contribution is 5.93. The maximum Gasteiger partial charge on any atom is 0.238 e. The van der Waals surface area contributed by atoms with Crippen LogP contribution in [0.15, 0.2) is 48.5 Å². The standard InChI is InChI=1S/C17H20N2O/c1-13-9-10-15(18-17(20)12-19(2)3)11-16(13)14-7-5-4-6-8-14/h4-11H,12H2,1-3H3,(H,18,20). The Labute approximate surface area is 120 Å². The van der Waals surface area contributed by atoms with Gasteiger partial charge in [0, 0.05) is 5.69 Å². The summed E-state index contributed by atoms with van der Waals surface area (Å²) in [5.41, 5.74) is 4.34. The molecule has 0 saturated carbocycles. The summed E-state index contributed by atoms with van der Waals surface area (Å²) in [5.74, 6) is -0.00198. The number of amides is 1. The van der Waals surface area contributed by atoms with E-state index in [1.165, 1.54) is 5.56 Å². The van der Waals surface area contributed by atoms with Crippen molar-refractivity contribution in [2.24, 2.45) is 0 Å². The summed E-state index contributed by atoms with van der Waals surface area (Å²) in [7, 11) is 3.76. The van der Waals surface area contributed by atoms with Crippen LogP contribution in [0, 0.1) is 6.92 Å². The van der Waals surface area contributed by atoms with E-state index in [0.717, 1.165) is 16.8 Å². The molecular weight excluding hydrogens is 248 g/mol. The van der Waals surface area contributed by atoms with Crippen LogP contribution in [0.1, 0.15) is 5.56 Å². The van der Waals surface area contributed by atoms with Crippen molar-refractivity contribution < 1.29 is 4.79 Å². The molecule has 0 atom stereocenters. The first-order valence-electron chi connectivity index (χ1n) is 6.67. The molecule has 0 aliphatic carbocycles. The second-order valence-electron chi connectivity index (χ2n) is 5.18. The molecule has 20 heavy (non-hydrogen) atoms. The zero-order valence-corrected chi connectivity index (χ0v) is 12.2. The Bertz CT molecular complexity index is 591. The normalized spacial score (nSPS) is 10.6. The molecule has 0 bridgehead atoms. The Balaban J connectivity index is 2.23. The fourth-order valence-corrected chi connectivity index (χ4v) is 2.12. The zero-order valence-electron chi connectivity index (χ0n) is 12.2. The van der Waals surface area contributed by atoms with Crippen molar-refractivity contribution in [2.45, 2.75) is 6.92 Å². The third-order valence-electron chi connectivity index (χ3n) is 3.07.